The Morgan fingerprint density at radius 2 is 1.69 bits per heavy atom. The van der Waals surface area contributed by atoms with Gasteiger partial charge in [0.05, 0.1) is 0 Å². The predicted octanol–water partition coefficient (Wildman–Crippen LogP) is 4.01. The quantitative estimate of drug-likeness (QED) is 0.665. The molecule has 2 aliphatic rings. The van der Waals surface area contributed by atoms with Crippen molar-refractivity contribution in [3.63, 3.8) is 0 Å². The fourth-order valence-electron chi connectivity index (χ4n) is 4.18. The average Bonchev–Trinajstić information content (AvgIpc) is 3.26. The number of methoxy groups -OCH3 is 1. The average molecular weight is 395 g/mol. The number of nitrogens with zero attached hydrogens (tertiary/aromatic N) is 1. The maximum absolute atomic E-state index is 13.3. The van der Waals surface area contributed by atoms with Crippen molar-refractivity contribution in [2.45, 2.75) is 51.9 Å². The molecule has 2 aliphatic heterocycles. The zero-order valence-corrected chi connectivity index (χ0v) is 17.4. The van der Waals surface area contributed by atoms with E-state index in [0.29, 0.717) is 19.7 Å². The Hall–Kier alpha value is -2.53. The third-order valence-electron chi connectivity index (χ3n) is 5.54. The minimum Gasteiger partial charge on any atom is -0.490 e. The summed E-state index contributed by atoms with van der Waals surface area (Å²) in [7, 11) is 1.69. The minimum atomic E-state index is 0.0496. The highest BCUT2D eigenvalue weighted by atomic mass is 16.5. The highest BCUT2D eigenvalue weighted by Gasteiger charge is 2.24. The van der Waals surface area contributed by atoms with Crippen LogP contribution in [0.4, 0.5) is 0 Å². The second kappa shape index (κ2) is 8.46. The molecule has 0 radical (unpaired) electrons. The third-order valence-corrected chi connectivity index (χ3v) is 5.54. The maximum atomic E-state index is 13.3. The molecule has 0 saturated heterocycles. The molecular formula is C24H29NO4. The van der Waals surface area contributed by atoms with Crippen LogP contribution in [0.2, 0.25) is 0 Å². The molecule has 0 fully saturated rings. The summed E-state index contributed by atoms with van der Waals surface area (Å²) in [6.45, 7) is 6.00. The van der Waals surface area contributed by atoms with Crippen molar-refractivity contribution >= 4 is 5.91 Å². The molecule has 154 valence electrons. The lowest BCUT2D eigenvalue weighted by atomic mass is 10.0. The standard InChI is InChI=1S/C24H29NO4/c1-16-11-20-13-18(5-7-22(20)28-16)15-25(9-4-10-27-3)24(26)19-6-8-23-21(14-19)12-17(2)29-23/h5-8,13-14,16-17H,4,9-12,15H2,1-3H3. The lowest BCUT2D eigenvalue weighted by Crippen LogP contribution is -2.32. The Labute approximate surface area is 172 Å². The van der Waals surface area contributed by atoms with E-state index >= 15 is 0 Å². The van der Waals surface area contributed by atoms with E-state index in [0.717, 1.165) is 47.5 Å². The number of fused-ring (bicyclic) bond motifs is 2. The topological polar surface area (TPSA) is 48.0 Å². The molecule has 29 heavy (non-hydrogen) atoms. The number of carbonyl (C=O) groups is 1. The summed E-state index contributed by atoms with van der Waals surface area (Å²) >= 11 is 0. The summed E-state index contributed by atoms with van der Waals surface area (Å²) in [6, 6.07) is 12.1. The Bertz CT molecular complexity index is 894. The van der Waals surface area contributed by atoms with Crippen molar-refractivity contribution in [2.75, 3.05) is 20.3 Å². The van der Waals surface area contributed by atoms with Gasteiger partial charge in [0.1, 0.15) is 23.7 Å². The normalized spacial score (nSPS) is 19.3. The van der Waals surface area contributed by atoms with E-state index in [2.05, 4.69) is 26.0 Å². The van der Waals surface area contributed by atoms with Crippen molar-refractivity contribution in [3.8, 4) is 11.5 Å². The van der Waals surface area contributed by atoms with E-state index in [9.17, 15) is 4.79 Å². The monoisotopic (exact) mass is 395 g/mol. The van der Waals surface area contributed by atoms with Gasteiger partial charge in [-0.2, -0.15) is 0 Å². The van der Waals surface area contributed by atoms with E-state index < -0.39 is 0 Å². The minimum absolute atomic E-state index is 0.0496. The Morgan fingerprint density at radius 3 is 2.38 bits per heavy atom. The molecule has 0 bridgehead atoms. The Kier molecular flexibility index (Phi) is 5.76. The molecule has 2 unspecified atom stereocenters. The van der Waals surface area contributed by atoms with Crippen LogP contribution in [-0.2, 0) is 24.1 Å². The van der Waals surface area contributed by atoms with Gasteiger partial charge in [-0.25, -0.2) is 0 Å². The molecule has 0 N–H and O–H groups in total. The molecule has 2 atom stereocenters. The van der Waals surface area contributed by atoms with Gasteiger partial charge in [0.15, 0.2) is 0 Å². The van der Waals surface area contributed by atoms with Gasteiger partial charge >= 0.3 is 0 Å². The van der Waals surface area contributed by atoms with Gasteiger partial charge in [0.25, 0.3) is 5.91 Å². The highest BCUT2D eigenvalue weighted by molar-refractivity contribution is 5.94. The molecule has 2 aromatic carbocycles. The van der Waals surface area contributed by atoms with Gasteiger partial charge in [-0.1, -0.05) is 12.1 Å². The lowest BCUT2D eigenvalue weighted by molar-refractivity contribution is 0.0723. The molecule has 4 rings (SSSR count). The first-order chi connectivity index (χ1) is 14.0. The summed E-state index contributed by atoms with van der Waals surface area (Å²) in [5.41, 5.74) is 4.19. The maximum Gasteiger partial charge on any atom is 0.254 e. The van der Waals surface area contributed by atoms with Gasteiger partial charge in [0, 0.05) is 45.2 Å². The van der Waals surface area contributed by atoms with Crippen molar-refractivity contribution in [3.05, 3.63) is 58.7 Å². The van der Waals surface area contributed by atoms with E-state index in [4.69, 9.17) is 14.2 Å². The molecule has 0 aromatic heterocycles. The van der Waals surface area contributed by atoms with Gasteiger partial charge < -0.3 is 19.1 Å². The van der Waals surface area contributed by atoms with Crippen LogP contribution in [-0.4, -0.2) is 43.3 Å². The number of rotatable bonds is 7. The largest absolute Gasteiger partial charge is 0.490 e. The molecule has 2 heterocycles. The van der Waals surface area contributed by atoms with Crippen LogP contribution in [0.5, 0.6) is 11.5 Å². The molecule has 5 nitrogen and oxygen atoms in total. The van der Waals surface area contributed by atoms with Crippen LogP contribution < -0.4 is 9.47 Å². The highest BCUT2D eigenvalue weighted by Crippen LogP contribution is 2.31. The van der Waals surface area contributed by atoms with Crippen LogP contribution >= 0.6 is 0 Å². The van der Waals surface area contributed by atoms with Crippen LogP contribution in [0, 0.1) is 0 Å². The van der Waals surface area contributed by atoms with E-state index in [1.165, 1.54) is 5.56 Å². The van der Waals surface area contributed by atoms with Crippen LogP contribution in [0.25, 0.3) is 0 Å². The molecule has 0 spiro atoms. The van der Waals surface area contributed by atoms with Crippen molar-refractivity contribution < 1.29 is 19.0 Å². The number of amides is 1. The van der Waals surface area contributed by atoms with Crippen LogP contribution in [0.3, 0.4) is 0 Å². The van der Waals surface area contributed by atoms with Crippen LogP contribution in [0.15, 0.2) is 36.4 Å². The fraction of sp³-hybridized carbons (Fsp3) is 0.458. The Balaban J connectivity index is 1.53. The first kappa shape index (κ1) is 19.8. The fourth-order valence-corrected chi connectivity index (χ4v) is 4.18. The lowest BCUT2D eigenvalue weighted by Gasteiger charge is -2.23. The first-order valence-corrected chi connectivity index (χ1v) is 10.4. The summed E-state index contributed by atoms with van der Waals surface area (Å²) < 4.78 is 16.8. The number of carbonyl (C=O) groups excluding carboxylic acids is 1. The molecule has 2 aromatic rings. The molecule has 5 heteroatoms. The van der Waals surface area contributed by atoms with Crippen molar-refractivity contribution in [1.82, 2.24) is 4.90 Å². The van der Waals surface area contributed by atoms with E-state index in [-0.39, 0.29) is 18.1 Å². The smallest absolute Gasteiger partial charge is 0.254 e. The zero-order valence-electron chi connectivity index (χ0n) is 17.4. The third kappa shape index (κ3) is 4.40. The number of benzene rings is 2. The van der Waals surface area contributed by atoms with Gasteiger partial charge in [-0.3, -0.25) is 4.79 Å². The predicted molar refractivity (Wildman–Crippen MR) is 112 cm³/mol. The molecular weight excluding hydrogens is 366 g/mol. The number of hydrogen-bond donors (Lipinski definition) is 0. The van der Waals surface area contributed by atoms with E-state index in [1.807, 2.05) is 29.2 Å². The van der Waals surface area contributed by atoms with Gasteiger partial charge in [-0.05, 0) is 61.2 Å². The first-order valence-electron chi connectivity index (χ1n) is 10.4. The summed E-state index contributed by atoms with van der Waals surface area (Å²) in [6.07, 6.45) is 2.96. The number of hydrogen-bond acceptors (Lipinski definition) is 4. The van der Waals surface area contributed by atoms with E-state index in [1.54, 1.807) is 7.11 Å². The van der Waals surface area contributed by atoms with Gasteiger partial charge in [0.2, 0.25) is 0 Å². The van der Waals surface area contributed by atoms with Crippen molar-refractivity contribution in [1.29, 1.82) is 0 Å². The van der Waals surface area contributed by atoms with Crippen molar-refractivity contribution in [2.24, 2.45) is 0 Å². The van der Waals surface area contributed by atoms with Crippen LogP contribution in [0.1, 0.15) is 47.3 Å². The summed E-state index contributed by atoms with van der Waals surface area (Å²) in [5, 5.41) is 0. The summed E-state index contributed by atoms with van der Waals surface area (Å²) in [5.74, 6) is 1.91. The molecule has 1 amide bonds. The SMILES string of the molecule is COCCCN(Cc1ccc2c(c1)CC(C)O2)C(=O)c1ccc2c(c1)CC(C)O2. The van der Waals surface area contributed by atoms with Gasteiger partial charge in [-0.15, -0.1) is 0 Å². The molecule has 0 aliphatic carbocycles. The summed E-state index contributed by atoms with van der Waals surface area (Å²) in [4.78, 5) is 15.2. The Morgan fingerprint density at radius 1 is 1.03 bits per heavy atom. The second-order valence-electron chi connectivity index (χ2n) is 8.10. The zero-order chi connectivity index (χ0) is 20.4. The second-order valence-corrected chi connectivity index (χ2v) is 8.10. The number of ether oxygens (including phenoxy) is 3. The molecule has 0 saturated carbocycles.